The third-order valence-corrected chi connectivity index (χ3v) is 6.62. The molecule has 0 spiro atoms. The van der Waals surface area contributed by atoms with E-state index in [0.29, 0.717) is 18.8 Å². The van der Waals surface area contributed by atoms with Gasteiger partial charge in [-0.15, -0.1) is 0 Å². The molecule has 170 valence electrons. The Labute approximate surface area is 194 Å². The highest BCUT2D eigenvalue weighted by Gasteiger charge is 2.37. The van der Waals surface area contributed by atoms with Gasteiger partial charge in [-0.25, -0.2) is 0 Å². The third kappa shape index (κ3) is 4.83. The minimum Gasteiger partial charge on any atom is -0.351 e. The highest BCUT2D eigenvalue weighted by Crippen LogP contribution is 2.22. The Morgan fingerprint density at radius 2 is 1.76 bits per heavy atom. The molecule has 0 bridgehead atoms. The number of nitrogens with one attached hydrogen (secondary N) is 1. The van der Waals surface area contributed by atoms with Crippen LogP contribution in [-0.2, 0) is 24.4 Å². The highest BCUT2D eigenvalue weighted by atomic mass is 16.2. The van der Waals surface area contributed by atoms with Crippen molar-refractivity contribution >= 4 is 11.8 Å². The normalized spacial score (nSPS) is 19.3. The Kier molecular flexibility index (Phi) is 6.21. The summed E-state index contributed by atoms with van der Waals surface area (Å²) in [5, 5.41) is 3.24. The lowest BCUT2D eigenvalue weighted by atomic mass is 10.0. The number of pyridine rings is 1. The van der Waals surface area contributed by atoms with Crippen molar-refractivity contribution in [3.05, 3.63) is 90.0 Å². The molecule has 0 saturated carbocycles. The minimum absolute atomic E-state index is 0.0758. The molecule has 1 N–H and O–H groups in total. The molecule has 1 atom stereocenters. The number of benzene rings is 1. The van der Waals surface area contributed by atoms with Crippen LogP contribution in [0.4, 0.5) is 0 Å². The van der Waals surface area contributed by atoms with E-state index in [1.807, 2.05) is 41.1 Å². The maximum atomic E-state index is 13.4. The van der Waals surface area contributed by atoms with Crippen LogP contribution in [0.15, 0.2) is 73.2 Å². The summed E-state index contributed by atoms with van der Waals surface area (Å²) in [6.07, 6.45) is 7.16. The Bertz CT molecular complexity index is 1090. The average Bonchev–Trinajstić information content (AvgIpc) is 3.32. The lowest BCUT2D eigenvalue weighted by molar-refractivity contribution is -0.127. The van der Waals surface area contributed by atoms with Crippen LogP contribution < -0.4 is 5.32 Å². The van der Waals surface area contributed by atoms with Gasteiger partial charge in [-0.1, -0.05) is 36.4 Å². The fraction of sp³-hybridized carbons (Fsp3) is 0.346. The second kappa shape index (κ2) is 9.58. The van der Waals surface area contributed by atoms with Crippen LogP contribution in [-0.4, -0.2) is 56.3 Å². The number of carbonyl (C=O) groups excluding carboxylic acids is 2. The SMILES string of the molecule is O=C(NC1CCN(Cc2ccccc2)CC1)C1Cn2cccc2C(=O)N1Cc1cccnc1. The zero-order valence-electron chi connectivity index (χ0n) is 18.6. The van der Waals surface area contributed by atoms with E-state index in [-0.39, 0.29) is 17.9 Å². The van der Waals surface area contributed by atoms with Gasteiger partial charge in [0.05, 0.1) is 6.54 Å². The first-order valence-corrected chi connectivity index (χ1v) is 11.6. The first kappa shape index (κ1) is 21.4. The second-order valence-corrected chi connectivity index (χ2v) is 8.90. The van der Waals surface area contributed by atoms with Crippen LogP contribution in [0.5, 0.6) is 0 Å². The third-order valence-electron chi connectivity index (χ3n) is 6.62. The maximum absolute atomic E-state index is 13.4. The molecule has 2 amide bonds. The van der Waals surface area contributed by atoms with Crippen LogP contribution >= 0.6 is 0 Å². The predicted molar refractivity (Wildman–Crippen MR) is 125 cm³/mol. The van der Waals surface area contributed by atoms with Crippen molar-refractivity contribution in [1.82, 2.24) is 24.7 Å². The molecule has 7 nitrogen and oxygen atoms in total. The van der Waals surface area contributed by atoms with Gasteiger partial charge in [-0.2, -0.15) is 0 Å². The van der Waals surface area contributed by atoms with Gasteiger partial charge in [-0.3, -0.25) is 19.5 Å². The summed E-state index contributed by atoms with van der Waals surface area (Å²) >= 11 is 0. The lowest BCUT2D eigenvalue weighted by Crippen LogP contribution is -2.57. The molecule has 2 aromatic heterocycles. The second-order valence-electron chi connectivity index (χ2n) is 8.90. The summed E-state index contributed by atoms with van der Waals surface area (Å²) in [6.45, 7) is 3.67. The molecule has 1 fully saturated rings. The molecule has 5 rings (SSSR count). The van der Waals surface area contributed by atoms with Crippen LogP contribution in [0.25, 0.3) is 0 Å². The molecular formula is C26H29N5O2. The quantitative estimate of drug-likeness (QED) is 0.636. The fourth-order valence-electron chi connectivity index (χ4n) is 4.81. The Morgan fingerprint density at radius 1 is 0.970 bits per heavy atom. The predicted octanol–water partition coefficient (Wildman–Crippen LogP) is 2.69. The van der Waals surface area contributed by atoms with Crippen molar-refractivity contribution in [3.63, 3.8) is 0 Å². The number of amides is 2. The van der Waals surface area contributed by atoms with Crippen molar-refractivity contribution in [2.45, 2.75) is 44.6 Å². The number of carbonyl (C=O) groups is 2. The molecule has 0 radical (unpaired) electrons. The van der Waals surface area contributed by atoms with E-state index in [2.05, 4.69) is 39.5 Å². The number of rotatable bonds is 6. The molecule has 2 aliphatic rings. The van der Waals surface area contributed by atoms with E-state index in [0.717, 1.165) is 38.0 Å². The van der Waals surface area contributed by atoms with Crippen molar-refractivity contribution < 1.29 is 9.59 Å². The molecule has 1 aromatic carbocycles. The highest BCUT2D eigenvalue weighted by molar-refractivity contribution is 5.97. The van der Waals surface area contributed by atoms with Crippen molar-refractivity contribution in [3.8, 4) is 0 Å². The zero-order valence-corrected chi connectivity index (χ0v) is 18.6. The molecule has 1 unspecified atom stereocenters. The molecule has 0 aliphatic carbocycles. The van der Waals surface area contributed by atoms with E-state index in [9.17, 15) is 9.59 Å². The summed E-state index contributed by atoms with van der Waals surface area (Å²) in [6, 6.07) is 17.5. The van der Waals surface area contributed by atoms with Crippen LogP contribution in [0.3, 0.4) is 0 Å². The molecule has 3 aromatic rings. The van der Waals surface area contributed by atoms with Gasteiger partial charge in [0.25, 0.3) is 5.91 Å². The summed E-state index contributed by atoms with van der Waals surface area (Å²) in [4.78, 5) is 34.9. The van der Waals surface area contributed by atoms with Gasteiger partial charge in [0.15, 0.2) is 0 Å². The van der Waals surface area contributed by atoms with E-state index >= 15 is 0 Å². The average molecular weight is 444 g/mol. The number of piperidine rings is 1. The Morgan fingerprint density at radius 3 is 2.52 bits per heavy atom. The number of aromatic nitrogens is 2. The zero-order chi connectivity index (χ0) is 22.6. The van der Waals surface area contributed by atoms with Gasteiger partial charge in [0.2, 0.25) is 5.91 Å². The topological polar surface area (TPSA) is 70.5 Å². The van der Waals surface area contributed by atoms with E-state index in [4.69, 9.17) is 0 Å². The minimum atomic E-state index is -0.542. The molecule has 1 saturated heterocycles. The van der Waals surface area contributed by atoms with Crippen molar-refractivity contribution in [1.29, 1.82) is 0 Å². The first-order chi connectivity index (χ1) is 16.2. The first-order valence-electron chi connectivity index (χ1n) is 11.6. The summed E-state index contributed by atoms with van der Waals surface area (Å²) in [7, 11) is 0. The fourth-order valence-corrected chi connectivity index (χ4v) is 4.81. The summed E-state index contributed by atoms with van der Waals surface area (Å²) in [5.41, 5.74) is 2.85. The van der Waals surface area contributed by atoms with E-state index in [1.165, 1.54) is 5.56 Å². The van der Waals surface area contributed by atoms with Gasteiger partial charge in [0, 0.05) is 50.8 Å². The molecule has 2 aliphatic heterocycles. The van der Waals surface area contributed by atoms with Gasteiger partial charge in [-0.05, 0) is 42.2 Å². The monoisotopic (exact) mass is 443 g/mol. The number of likely N-dealkylation sites (tertiary alicyclic amines) is 1. The summed E-state index contributed by atoms with van der Waals surface area (Å²) < 4.78 is 1.88. The molecule has 7 heteroatoms. The Balaban J connectivity index is 1.23. The van der Waals surface area contributed by atoms with Gasteiger partial charge < -0.3 is 14.8 Å². The van der Waals surface area contributed by atoms with Gasteiger partial charge >= 0.3 is 0 Å². The van der Waals surface area contributed by atoms with Crippen molar-refractivity contribution in [2.24, 2.45) is 0 Å². The molecule has 33 heavy (non-hydrogen) atoms. The number of nitrogens with zero attached hydrogens (tertiary/aromatic N) is 4. The number of hydrogen-bond acceptors (Lipinski definition) is 4. The Hall–Kier alpha value is -3.45. The standard InChI is InChI=1S/C26H29N5O2/c32-25(28-22-10-14-29(15-11-22)17-20-6-2-1-3-7-20)24-19-30-13-5-9-23(30)26(33)31(24)18-21-8-4-12-27-16-21/h1-9,12-13,16,22,24H,10-11,14-15,17-19H2,(H,28,32). The lowest BCUT2D eigenvalue weighted by Gasteiger charge is -2.38. The largest absolute Gasteiger partial charge is 0.351 e. The smallest absolute Gasteiger partial charge is 0.271 e. The number of hydrogen-bond donors (Lipinski definition) is 1. The van der Waals surface area contributed by atoms with Crippen LogP contribution in [0.2, 0.25) is 0 Å². The number of fused-ring (bicyclic) bond motifs is 1. The van der Waals surface area contributed by atoms with Gasteiger partial charge in [0.1, 0.15) is 11.7 Å². The molecule has 4 heterocycles. The summed E-state index contributed by atoms with van der Waals surface area (Å²) in [5.74, 6) is -0.193. The van der Waals surface area contributed by atoms with E-state index < -0.39 is 6.04 Å². The maximum Gasteiger partial charge on any atom is 0.271 e. The van der Waals surface area contributed by atoms with Crippen LogP contribution in [0.1, 0.15) is 34.5 Å². The van der Waals surface area contributed by atoms with Crippen LogP contribution in [0, 0.1) is 0 Å². The molecular weight excluding hydrogens is 414 g/mol. The van der Waals surface area contributed by atoms with Crippen molar-refractivity contribution in [2.75, 3.05) is 13.1 Å². The van der Waals surface area contributed by atoms with E-state index in [1.54, 1.807) is 17.3 Å².